The molecule has 1 N–H and O–H groups in total. The lowest BCUT2D eigenvalue weighted by Crippen LogP contribution is -2.47. The van der Waals surface area contributed by atoms with Crippen molar-refractivity contribution in [1.82, 2.24) is 5.32 Å². The molecule has 1 saturated carbocycles. The van der Waals surface area contributed by atoms with Gasteiger partial charge in [-0.15, -0.1) is 11.8 Å². The standard InChI is InChI=1S/C17H22N2O2S/c1-12(14-6-4-5-7-15(14)21-3)22-10-16(20)19-17(2,11-18)13-8-9-13/h4-7,12-13H,8-10H2,1-3H3,(H,19,20)/t12-,17+/m0/s1. The van der Waals surface area contributed by atoms with Crippen LogP contribution in [0.3, 0.4) is 0 Å². The number of hydrogen-bond donors (Lipinski definition) is 1. The van der Waals surface area contributed by atoms with Crippen LogP contribution in [0.4, 0.5) is 0 Å². The normalized spacial score (nSPS) is 17.9. The van der Waals surface area contributed by atoms with Gasteiger partial charge in [0.15, 0.2) is 0 Å². The topological polar surface area (TPSA) is 62.1 Å². The third kappa shape index (κ3) is 3.95. The number of methoxy groups -OCH3 is 1. The Balaban J connectivity index is 1.89. The van der Waals surface area contributed by atoms with Gasteiger partial charge in [0.05, 0.1) is 18.9 Å². The number of para-hydroxylation sites is 1. The number of nitrogens with zero attached hydrogens (tertiary/aromatic N) is 1. The molecule has 5 heteroatoms. The molecular weight excluding hydrogens is 296 g/mol. The van der Waals surface area contributed by atoms with Crippen molar-refractivity contribution in [2.45, 2.75) is 37.5 Å². The third-order valence-electron chi connectivity index (χ3n) is 4.07. The number of nitrogens with one attached hydrogen (secondary N) is 1. The highest BCUT2D eigenvalue weighted by Crippen LogP contribution is 2.39. The van der Waals surface area contributed by atoms with E-state index in [-0.39, 0.29) is 11.2 Å². The highest BCUT2D eigenvalue weighted by Gasteiger charge is 2.42. The molecule has 118 valence electrons. The molecule has 4 nitrogen and oxygen atoms in total. The minimum absolute atomic E-state index is 0.0808. The van der Waals surface area contributed by atoms with Crippen LogP contribution >= 0.6 is 11.8 Å². The molecule has 1 aromatic carbocycles. The van der Waals surface area contributed by atoms with Crippen LogP contribution in [-0.2, 0) is 4.79 Å². The molecule has 1 fully saturated rings. The van der Waals surface area contributed by atoms with E-state index in [4.69, 9.17) is 4.74 Å². The van der Waals surface area contributed by atoms with Crippen molar-refractivity contribution in [1.29, 1.82) is 5.26 Å². The number of carbonyl (C=O) groups is 1. The van der Waals surface area contributed by atoms with E-state index in [1.54, 1.807) is 18.9 Å². The summed E-state index contributed by atoms with van der Waals surface area (Å²) in [6.45, 7) is 3.87. The van der Waals surface area contributed by atoms with Crippen molar-refractivity contribution in [3.8, 4) is 11.8 Å². The van der Waals surface area contributed by atoms with Gasteiger partial charge in [-0.2, -0.15) is 5.26 Å². The fraction of sp³-hybridized carbons (Fsp3) is 0.529. The number of carbonyl (C=O) groups excluding carboxylic acids is 1. The van der Waals surface area contributed by atoms with Crippen LogP contribution in [0.2, 0.25) is 0 Å². The van der Waals surface area contributed by atoms with Crippen LogP contribution in [0.5, 0.6) is 5.75 Å². The molecule has 1 amide bonds. The number of ether oxygens (including phenoxy) is 1. The SMILES string of the molecule is COc1ccccc1[C@H](C)SCC(=O)N[C@](C)(C#N)C1CC1. The largest absolute Gasteiger partial charge is 0.496 e. The summed E-state index contributed by atoms with van der Waals surface area (Å²) in [5, 5.41) is 12.3. The minimum Gasteiger partial charge on any atom is -0.496 e. The molecule has 0 spiro atoms. The van der Waals surface area contributed by atoms with E-state index < -0.39 is 5.54 Å². The average Bonchev–Trinajstić information content (AvgIpc) is 3.37. The fourth-order valence-corrected chi connectivity index (χ4v) is 3.35. The molecule has 2 atom stereocenters. The van der Waals surface area contributed by atoms with Crippen LogP contribution < -0.4 is 10.1 Å². The molecule has 0 radical (unpaired) electrons. The average molecular weight is 318 g/mol. The summed E-state index contributed by atoms with van der Waals surface area (Å²) in [6.07, 6.45) is 2.05. The van der Waals surface area contributed by atoms with Crippen molar-refractivity contribution in [2.75, 3.05) is 12.9 Å². The molecule has 2 rings (SSSR count). The second-order valence-corrected chi connectivity index (χ2v) is 7.16. The lowest BCUT2D eigenvalue weighted by Gasteiger charge is -2.23. The molecule has 0 bridgehead atoms. The summed E-state index contributed by atoms with van der Waals surface area (Å²) >= 11 is 1.55. The molecule has 0 heterocycles. The summed E-state index contributed by atoms with van der Waals surface area (Å²) in [5.74, 6) is 1.40. The van der Waals surface area contributed by atoms with E-state index in [2.05, 4.69) is 18.3 Å². The van der Waals surface area contributed by atoms with Crippen LogP contribution in [0.15, 0.2) is 24.3 Å². The van der Waals surface area contributed by atoms with Gasteiger partial charge in [-0.3, -0.25) is 4.79 Å². The summed E-state index contributed by atoms with van der Waals surface area (Å²) in [6, 6.07) is 10.1. The van der Waals surface area contributed by atoms with Crippen LogP contribution in [-0.4, -0.2) is 24.3 Å². The Labute approximate surface area is 136 Å². The van der Waals surface area contributed by atoms with Gasteiger partial charge in [0.2, 0.25) is 5.91 Å². The highest BCUT2D eigenvalue weighted by atomic mass is 32.2. The van der Waals surface area contributed by atoms with Gasteiger partial charge in [-0.25, -0.2) is 0 Å². The number of thioether (sulfide) groups is 1. The second kappa shape index (κ2) is 7.06. The number of rotatable bonds is 7. The van der Waals surface area contributed by atoms with E-state index in [1.807, 2.05) is 31.2 Å². The minimum atomic E-state index is -0.717. The number of amides is 1. The van der Waals surface area contributed by atoms with Gasteiger partial charge in [-0.1, -0.05) is 18.2 Å². The van der Waals surface area contributed by atoms with Crippen LogP contribution in [0, 0.1) is 17.2 Å². The molecule has 22 heavy (non-hydrogen) atoms. The first-order valence-corrected chi connectivity index (χ1v) is 8.52. The van der Waals surface area contributed by atoms with Crippen molar-refractivity contribution in [3.63, 3.8) is 0 Å². The van der Waals surface area contributed by atoms with Crippen LogP contribution in [0.25, 0.3) is 0 Å². The Hall–Kier alpha value is -1.67. The molecule has 1 aliphatic carbocycles. The Kier molecular flexibility index (Phi) is 5.36. The summed E-state index contributed by atoms with van der Waals surface area (Å²) < 4.78 is 5.35. The monoisotopic (exact) mass is 318 g/mol. The first-order chi connectivity index (χ1) is 10.5. The maximum atomic E-state index is 12.1. The van der Waals surface area contributed by atoms with Gasteiger partial charge >= 0.3 is 0 Å². The zero-order valence-corrected chi connectivity index (χ0v) is 14.1. The fourth-order valence-electron chi connectivity index (χ4n) is 2.50. The van der Waals surface area contributed by atoms with Gasteiger partial charge in [0.25, 0.3) is 0 Å². The molecule has 0 saturated heterocycles. The van der Waals surface area contributed by atoms with E-state index in [1.165, 1.54) is 0 Å². The molecule has 1 aliphatic rings. The smallest absolute Gasteiger partial charge is 0.231 e. The predicted octanol–water partition coefficient (Wildman–Crippen LogP) is 3.30. The third-order valence-corrected chi connectivity index (χ3v) is 5.25. The van der Waals surface area contributed by atoms with Gasteiger partial charge in [-0.05, 0) is 38.7 Å². The zero-order chi connectivity index (χ0) is 16.2. The quantitative estimate of drug-likeness (QED) is 0.838. The van der Waals surface area contributed by atoms with Crippen molar-refractivity contribution < 1.29 is 9.53 Å². The summed E-state index contributed by atoms with van der Waals surface area (Å²) in [4.78, 5) is 12.1. The first kappa shape index (κ1) is 16.7. The molecule has 1 aromatic rings. The molecule has 0 unspecified atom stereocenters. The van der Waals surface area contributed by atoms with Crippen molar-refractivity contribution in [2.24, 2.45) is 5.92 Å². The second-order valence-electron chi connectivity index (χ2n) is 5.83. The van der Waals surface area contributed by atoms with Gasteiger partial charge < -0.3 is 10.1 Å². The summed E-state index contributed by atoms with van der Waals surface area (Å²) in [5.41, 5.74) is 0.360. The van der Waals surface area contributed by atoms with Crippen molar-refractivity contribution in [3.05, 3.63) is 29.8 Å². The Morgan fingerprint density at radius 3 is 2.82 bits per heavy atom. The highest BCUT2D eigenvalue weighted by molar-refractivity contribution is 8.00. The lowest BCUT2D eigenvalue weighted by atomic mass is 9.98. The number of benzene rings is 1. The Bertz CT molecular complexity index is 580. The number of nitriles is 1. The Morgan fingerprint density at radius 1 is 1.55 bits per heavy atom. The van der Waals surface area contributed by atoms with Gasteiger partial charge in [0.1, 0.15) is 11.3 Å². The number of hydrogen-bond acceptors (Lipinski definition) is 4. The molecular formula is C17H22N2O2S. The van der Waals surface area contributed by atoms with Crippen molar-refractivity contribution >= 4 is 17.7 Å². The maximum Gasteiger partial charge on any atom is 0.231 e. The molecule has 0 aliphatic heterocycles. The van der Waals surface area contributed by atoms with Crippen LogP contribution in [0.1, 0.15) is 37.5 Å². The molecule has 0 aromatic heterocycles. The van der Waals surface area contributed by atoms with E-state index in [0.717, 1.165) is 24.2 Å². The Morgan fingerprint density at radius 2 is 2.23 bits per heavy atom. The summed E-state index contributed by atoms with van der Waals surface area (Å²) in [7, 11) is 1.65. The van der Waals surface area contributed by atoms with E-state index in [0.29, 0.717) is 11.7 Å². The lowest BCUT2D eigenvalue weighted by molar-refractivity contribution is -0.119. The van der Waals surface area contributed by atoms with E-state index in [9.17, 15) is 10.1 Å². The van der Waals surface area contributed by atoms with E-state index >= 15 is 0 Å². The zero-order valence-electron chi connectivity index (χ0n) is 13.3. The predicted molar refractivity (Wildman–Crippen MR) is 88.8 cm³/mol. The van der Waals surface area contributed by atoms with Gasteiger partial charge in [0, 0.05) is 10.8 Å². The maximum absolute atomic E-state index is 12.1. The first-order valence-electron chi connectivity index (χ1n) is 7.47.